The van der Waals surface area contributed by atoms with Crippen molar-refractivity contribution < 1.29 is 13.2 Å². The van der Waals surface area contributed by atoms with Gasteiger partial charge in [-0.3, -0.25) is 4.79 Å². The molecule has 1 aromatic carbocycles. The van der Waals surface area contributed by atoms with Gasteiger partial charge in [-0.25, -0.2) is 13.1 Å². The van der Waals surface area contributed by atoms with E-state index in [1.165, 1.54) is 12.1 Å². The molecule has 1 rings (SSSR count). The zero-order valence-electron chi connectivity index (χ0n) is 11.7. The van der Waals surface area contributed by atoms with Crippen LogP contribution in [0.15, 0.2) is 29.2 Å². The molecule has 0 saturated heterocycles. The average Bonchev–Trinajstić information content (AvgIpc) is 2.39. The topological polar surface area (TPSA) is 101 Å². The summed E-state index contributed by atoms with van der Waals surface area (Å²) >= 11 is 0. The smallest absolute Gasteiger partial charge is 0.241 e. The van der Waals surface area contributed by atoms with Crippen LogP contribution in [0, 0.1) is 0 Å². The summed E-state index contributed by atoms with van der Waals surface area (Å²) in [6.45, 7) is 3.99. The largest absolute Gasteiger partial charge is 0.325 e. The number of carbonyl (C=O) groups is 1. The Morgan fingerprint density at radius 1 is 1.25 bits per heavy atom. The predicted octanol–water partition coefficient (Wildman–Crippen LogP) is 1.05. The first-order valence-corrected chi connectivity index (χ1v) is 8.05. The summed E-state index contributed by atoms with van der Waals surface area (Å²) in [6, 6.07) is 5.42. The van der Waals surface area contributed by atoms with Crippen LogP contribution >= 0.6 is 0 Å². The molecular weight excluding hydrogens is 278 g/mol. The van der Waals surface area contributed by atoms with E-state index < -0.39 is 16.1 Å². The molecule has 0 fully saturated rings. The van der Waals surface area contributed by atoms with Crippen molar-refractivity contribution in [2.24, 2.45) is 5.73 Å². The Morgan fingerprint density at radius 3 is 2.35 bits per heavy atom. The Bertz CT molecular complexity index is 540. The lowest BCUT2D eigenvalue weighted by Gasteiger charge is -2.11. The molecule has 0 heterocycles. The van der Waals surface area contributed by atoms with Crippen molar-refractivity contribution in [3.05, 3.63) is 24.3 Å². The van der Waals surface area contributed by atoms with Crippen molar-refractivity contribution >= 4 is 21.6 Å². The van der Waals surface area contributed by atoms with Gasteiger partial charge in [0.1, 0.15) is 0 Å². The number of carbonyl (C=O) groups excluding carboxylic acids is 1. The summed E-state index contributed by atoms with van der Waals surface area (Å²) < 4.78 is 25.9. The number of amides is 1. The number of benzene rings is 1. The fourth-order valence-electron chi connectivity index (χ4n) is 1.67. The highest BCUT2D eigenvalue weighted by Gasteiger charge is 2.14. The van der Waals surface area contributed by atoms with E-state index in [0.717, 1.165) is 6.42 Å². The molecule has 1 amide bonds. The van der Waals surface area contributed by atoms with E-state index in [0.29, 0.717) is 18.7 Å². The number of nitrogens with one attached hydrogen (secondary N) is 2. The van der Waals surface area contributed by atoms with E-state index in [4.69, 9.17) is 5.73 Å². The zero-order chi connectivity index (χ0) is 15.2. The summed E-state index contributed by atoms with van der Waals surface area (Å²) in [5.41, 5.74) is 6.22. The van der Waals surface area contributed by atoms with E-state index in [1.807, 2.05) is 6.92 Å². The van der Waals surface area contributed by atoms with Gasteiger partial charge in [-0.15, -0.1) is 0 Å². The third kappa shape index (κ3) is 4.59. The van der Waals surface area contributed by atoms with Crippen molar-refractivity contribution in [2.75, 3.05) is 11.9 Å². The molecule has 1 aromatic rings. The number of sulfonamides is 1. The highest BCUT2D eigenvalue weighted by molar-refractivity contribution is 7.89. The lowest BCUT2D eigenvalue weighted by molar-refractivity contribution is -0.117. The van der Waals surface area contributed by atoms with Crippen LogP contribution < -0.4 is 15.8 Å². The third-order valence-electron chi connectivity index (χ3n) is 2.70. The van der Waals surface area contributed by atoms with Crippen LogP contribution in [0.25, 0.3) is 0 Å². The van der Waals surface area contributed by atoms with E-state index in [2.05, 4.69) is 10.0 Å². The van der Waals surface area contributed by atoms with E-state index in [1.54, 1.807) is 19.1 Å². The van der Waals surface area contributed by atoms with Crippen LogP contribution in [0.3, 0.4) is 0 Å². The summed E-state index contributed by atoms with van der Waals surface area (Å²) in [4.78, 5) is 11.9. The second-order valence-corrected chi connectivity index (χ2v) is 6.18. The maximum absolute atomic E-state index is 11.7. The number of anilines is 1. The molecule has 0 radical (unpaired) electrons. The SMILES string of the molecule is CCC[C@@H](N)C(=O)Nc1ccc(S(=O)(=O)NCC)cc1. The first kappa shape index (κ1) is 16.6. The van der Waals surface area contributed by atoms with Gasteiger partial charge in [-0.1, -0.05) is 20.3 Å². The molecule has 6 nitrogen and oxygen atoms in total. The number of rotatable bonds is 7. The van der Waals surface area contributed by atoms with E-state index in [9.17, 15) is 13.2 Å². The lowest BCUT2D eigenvalue weighted by Crippen LogP contribution is -2.35. The number of hydrogen-bond acceptors (Lipinski definition) is 4. The maximum atomic E-state index is 11.7. The van der Waals surface area contributed by atoms with Crippen molar-refractivity contribution in [2.45, 2.75) is 37.6 Å². The molecule has 4 N–H and O–H groups in total. The third-order valence-corrected chi connectivity index (χ3v) is 4.26. The zero-order valence-corrected chi connectivity index (χ0v) is 12.5. The molecule has 0 bridgehead atoms. The Kier molecular flexibility index (Phi) is 6.12. The van der Waals surface area contributed by atoms with Crippen molar-refractivity contribution in [3.63, 3.8) is 0 Å². The monoisotopic (exact) mass is 299 g/mol. The minimum atomic E-state index is -3.47. The molecule has 0 aromatic heterocycles. The average molecular weight is 299 g/mol. The fraction of sp³-hybridized carbons (Fsp3) is 0.462. The highest BCUT2D eigenvalue weighted by Crippen LogP contribution is 2.14. The molecule has 0 spiro atoms. The molecule has 0 aliphatic rings. The van der Waals surface area contributed by atoms with Crippen LogP contribution in [0.1, 0.15) is 26.7 Å². The maximum Gasteiger partial charge on any atom is 0.241 e. The molecule has 0 saturated carbocycles. The number of nitrogens with two attached hydrogens (primary N) is 1. The van der Waals surface area contributed by atoms with Gasteiger partial charge >= 0.3 is 0 Å². The van der Waals surface area contributed by atoms with Gasteiger partial charge in [0.25, 0.3) is 0 Å². The van der Waals surface area contributed by atoms with E-state index in [-0.39, 0.29) is 10.8 Å². The molecular formula is C13H21N3O3S. The Hall–Kier alpha value is -1.44. The van der Waals surface area contributed by atoms with Gasteiger partial charge in [-0.05, 0) is 30.7 Å². The van der Waals surface area contributed by atoms with Crippen LogP contribution in [0.5, 0.6) is 0 Å². The number of hydrogen-bond donors (Lipinski definition) is 3. The summed E-state index contributed by atoms with van der Waals surface area (Å²) in [5.74, 6) is -0.269. The summed E-state index contributed by atoms with van der Waals surface area (Å²) in [7, 11) is -3.47. The molecule has 7 heteroatoms. The summed E-state index contributed by atoms with van der Waals surface area (Å²) in [5, 5.41) is 2.66. The molecule has 112 valence electrons. The van der Waals surface area contributed by atoms with Crippen LogP contribution in [-0.2, 0) is 14.8 Å². The van der Waals surface area contributed by atoms with Gasteiger partial charge < -0.3 is 11.1 Å². The van der Waals surface area contributed by atoms with Crippen molar-refractivity contribution in [3.8, 4) is 0 Å². The van der Waals surface area contributed by atoms with Gasteiger partial charge in [0.15, 0.2) is 0 Å². The molecule has 0 unspecified atom stereocenters. The van der Waals surface area contributed by atoms with Crippen molar-refractivity contribution in [1.29, 1.82) is 0 Å². The first-order valence-electron chi connectivity index (χ1n) is 6.57. The molecule has 0 aliphatic carbocycles. The second kappa shape index (κ2) is 7.37. The van der Waals surface area contributed by atoms with Gasteiger partial charge in [0.2, 0.25) is 15.9 Å². The standard InChI is InChI=1S/C13H21N3O3S/c1-3-5-12(14)13(17)16-10-6-8-11(9-7-10)20(18,19)15-4-2/h6-9,12,15H,3-5,14H2,1-2H3,(H,16,17)/t12-/m1/s1. The summed E-state index contributed by atoms with van der Waals surface area (Å²) in [6.07, 6.45) is 1.44. The molecule has 1 atom stereocenters. The fourth-order valence-corrected chi connectivity index (χ4v) is 2.71. The van der Waals surface area contributed by atoms with Crippen molar-refractivity contribution in [1.82, 2.24) is 4.72 Å². The lowest BCUT2D eigenvalue weighted by atomic mass is 10.1. The van der Waals surface area contributed by atoms with Gasteiger partial charge in [0, 0.05) is 12.2 Å². The highest BCUT2D eigenvalue weighted by atomic mass is 32.2. The quantitative estimate of drug-likeness (QED) is 0.700. The second-order valence-electron chi connectivity index (χ2n) is 4.41. The van der Waals surface area contributed by atoms with Crippen LogP contribution in [0.2, 0.25) is 0 Å². The normalized spacial score (nSPS) is 12.9. The van der Waals surface area contributed by atoms with E-state index >= 15 is 0 Å². The molecule has 20 heavy (non-hydrogen) atoms. The van der Waals surface area contributed by atoms with Crippen LogP contribution in [-0.4, -0.2) is 26.9 Å². The molecule has 0 aliphatic heterocycles. The minimum absolute atomic E-state index is 0.162. The predicted molar refractivity (Wildman–Crippen MR) is 78.8 cm³/mol. The van der Waals surface area contributed by atoms with Crippen LogP contribution in [0.4, 0.5) is 5.69 Å². The Balaban J connectivity index is 2.75. The Labute approximate surface area is 119 Å². The van der Waals surface area contributed by atoms with Gasteiger partial charge in [-0.2, -0.15) is 0 Å². The van der Waals surface area contributed by atoms with Gasteiger partial charge in [0.05, 0.1) is 10.9 Å². The first-order chi connectivity index (χ1) is 9.40. The minimum Gasteiger partial charge on any atom is -0.325 e. The Morgan fingerprint density at radius 2 is 1.85 bits per heavy atom.